The molecule has 0 spiro atoms. The van der Waals surface area contributed by atoms with Gasteiger partial charge in [-0.1, -0.05) is 17.7 Å². The van der Waals surface area contributed by atoms with Gasteiger partial charge in [-0.15, -0.1) is 0 Å². The number of rotatable bonds is 3. The van der Waals surface area contributed by atoms with E-state index in [1.807, 2.05) is 19.0 Å². The van der Waals surface area contributed by atoms with Gasteiger partial charge in [0, 0.05) is 19.7 Å². The molecule has 2 aromatic rings. The van der Waals surface area contributed by atoms with Crippen LogP contribution in [0.3, 0.4) is 0 Å². The van der Waals surface area contributed by atoms with Gasteiger partial charge < -0.3 is 16.0 Å². The zero-order valence-electron chi connectivity index (χ0n) is 11.7. The first-order valence-electron chi connectivity index (χ1n) is 6.22. The lowest BCUT2D eigenvalue weighted by molar-refractivity contribution is 0.102. The first-order valence-corrected chi connectivity index (χ1v) is 6.60. The maximum Gasteiger partial charge on any atom is 0.255 e. The van der Waals surface area contributed by atoms with Crippen molar-refractivity contribution in [1.29, 1.82) is 0 Å². The molecule has 0 aliphatic rings. The van der Waals surface area contributed by atoms with Crippen LogP contribution >= 0.6 is 11.6 Å². The molecule has 110 valence electrons. The van der Waals surface area contributed by atoms with E-state index in [-0.39, 0.29) is 10.7 Å². The lowest BCUT2D eigenvalue weighted by Gasteiger charge is -2.16. The number of anilines is 3. The van der Waals surface area contributed by atoms with Gasteiger partial charge in [-0.2, -0.15) is 0 Å². The van der Waals surface area contributed by atoms with Crippen LogP contribution < -0.4 is 16.0 Å². The van der Waals surface area contributed by atoms with E-state index < -0.39 is 11.7 Å². The Bertz CT molecular complexity index is 689. The molecule has 3 N–H and O–H groups in total. The van der Waals surface area contributed by atoms with Gasteiger partial charge in [0.15, 0.2) is 5.82 Å². The molecule has 2 aromatic carbocycles. The summed E-state index contributed by atoms with van der Waals surface area (Å²) in [6.07, 6.45) is 0. The van der Waals surface area contributed by atoms with Crippen LogP contribution in [0.25, 0.3) is 0 Å². The largest absolute Gasteiger partial charge is 0.397 e. The van der Waals surface area contributed by atoms with E-state index in [4.69, 9.17) is 17.3 Å². The molecule has 0 bridgehead atoms. The van der Waals surface area contributed by atoms with E-state index in [2.05, 4.69) is 5.32 Å². The highest BCUT2D eigenvalue weighted by atomic mass is 35.5. The Morgan fingerprint density at radius 1 is 1.29 bits per heavy atom. The lowest BCUT2D eigenvalue weighted by atomic mass is 10.1. The van der Waals surface area contributed by atoms with Crippen molar-refractivity contribution in [3.05, 3.63) is 52.8 Å². The van der Waals surface area contributed by atoms with Gasteiger partial charge in [-0.25, -0.2) is 4.39 Å². The minimum absolute atomic E-state index is 0.0303. The summed E-state index contributed by atoms with van der Waals surface area (Å²) < 4.78 is 13.7. The van der Waals surface area contributed by atoms with Gasteiger partial charge in [0.25, 0.3) is 5.91 Å². The molecule has 1 amide bonds. The monoisotopic (exact) mass is 307 g/mol. The number of amides is 1. The fourth-order valence-electron chi connectivity index (χ4n) is 1.90. The summed E-state index contributed by atoms with van der Waals surface area (Å²) in [5, 5.41) is 2.43. The van der Waals surface area contributed by atoms with Crippen molar-refractivity contribution in [2.24, 2.45) is 0 Å². The molecule has 0 aliphatic carbocycles. The normalized spacial score (nSPS) is 10.3. The summed E-state index contributed by atoms with van der Waals surface area (Å²) in [4.78, 5) is 14.0. The number of nitrogens with two attached hydrogens (primary N) is 1. The van der Waals surface area contributed by atoms with E-state index in [9.17, 15) is 9.18 Å². The van der Waals surface area contributed by atoms with E-state index in [1.165, 1.54) is 12.1 Å². The van der Waals surface area contributed by atoms with Crippen molar-refractivity contribution in [2.75, 3.05) is 30.0 Å². The van der Waals surface area contributed by atoms with Crippen LogP contribution in [0, 0.1) is 5.82 Å². The van der Waals surface area contributed by atoms with Gasteiger partial charge in [-0.05, 0) is 30.3 Å². The van der Waals surface area contributed by atoms with Crippen LogP contribution in [0.5, 0.6) is 0 Å². The average Bonchev–Trinajstić information content (AvgIpc) is 2.43. The van der Waals surface area contributed by atoms with Gasteiger partial charge >= 0.3 is 0 Å². The Balaban J connectivity index is 2.25. The second-order valence-electron chi connectivity index (χ2n) is 4.72. The molecule has 6 heteroatoms. The Morgan fingerprint density at radius 2 is 2.00 bits per heavy atom. The molecule has 0 unspecified atom stereocenters. The third kappa shape index (κ3) is 3.25. The first kappa shape index (κ1) is 15.1. The van der Waals surface area contributed by atoms with Gasteiger partial charge in [0.05, 0.1) is 22.1 Å². The number of nitrogens with zero attached hydrogens (tertiary/aromatic N) is 1. The minimum Gasteiger partial charge on any atom is -0.397 e. The third-order valence-electron chi connectivity index (χ3n) is 2.97. The quantitative estimate of drug-likeness (QED) is 0.855. The minimum atomic E-state index is -0.662. The molecule has 0 saturated carbocycles. The molecular formula is C15H15ClFN3O. The molecule has 0 saturated heterocycles. The smallest absolute Gasteiger partial charge is 0.255 e. The fraction of sp³-hybridized carbons (Fsp3) is 0.133. The molecular weight excluding hydrogens is 293 g/mol. The van der Waals surface area contributed by atoms with Crippen LogP contribution in [0.1, 0.15) is 10.4 Å². The topological polar surface area (TPSA) is 58.4 Å². The molecule has 0 aromatic heterocycles. The number of carbonyl (C=O) groups is 1. The standard InChI is InChI=1S/C15H15ClFN3O/c1-20(2)13-7-6-9(8-11(13)18)15(21)19-12-5-3-4-10(16)14(12)17/h3-8H,18H2,1-2H3,(H,19,21). The highest BCUT2D eigenvalue weighted by Gasteiger charge is 2.13. The Hall–Kier alpha value is -2.27. The van der Waals surface area contributed by atoms with Crippen molar-refractivity contribution in [3.63, 3.8) is 0 Å². The van der Waals surface area contributed by atoms with Crippen molar-refractivity contribution >= 4 is 34.6 Å². The summed E-state index contributed by atoms with van der Waals surface area (Å²) in [6.45, 7) is 0. The number of nitrogen functional groups attached to an aromatic ring is 1. The van der Waals surface area contributed by atoms with E-state index in [0.29, 0.717) is 11.3 Å². The highest BCUT2D eigenvalue weighted by Crippen LogP contribution is 2.25. The van der Waals surface area contributed by atoms with Crippen LogP contribution in [0.2, 0.25) is 5.02 Å². The Morgan fingerprint density at radius 3 is 2.62 bits per heavy atom. The third-order valence-corrected chi connectivity index (χ3v) is 3.26. The molecule has 0 atom stereocenters. The first-order chi connectivity index (χ1) is 9.90. The summed E-state index contributed by atoms with van der Waals surface area (Å²) in [5.74, 6) is -1.11. The van der Waals surface area contributed by atoms with E-state index in [1.54, 1.807) is 24.3 Å². The molecule has 4 nitrogen and oxygen atoms in total. The number of hydrogen-bond donors (Lipinski definition) is 2. The maximum absolute atomic E-state index is 13.7. The average molecular weight is 308 g/mol. The second kappa shape index (κ2) is 6.01. The fourth-order valence-corrected chi connectivity index (χ4v) is 2.07. The van der Waals surface area contributed by atoms with Crippen molar-refractivity contribution in [3.8, 4) is 0 Å². The van der Waals surface area contributed by atoms with Crippen molar-refractivity contribution in [2.45, 2.75) is 0 Å². The zero-order chi connectivity index (χ0) is 15.6. The van der Waals surface area contributed by atoms with Gasteiger partial charge in [-0.3, -0.25) is 4.79 Å². The number of nitrogens with one attached hydrogen (secondary N) is 1. The van der Waals surface area contributed by atoms with Crippen LogP contribution in [-0.2, 0) is 0 Å². The second-order valence-corrected chi connectivity index (χ2v) is 5.13. The van der Waals surface area contributed by atoms with Gasteiger partial charge in [0.2, 0.25) is 0 Å². The molecule has 2 rings (SSSR count). The summed E-state index contributed by atoms with van der Waals surface area (Å²) in [5.41, 5.74) is 7.54. The van der Waals surface area contributed by atoms with E-state index in [0.717, 1.165) is 5.69 Å². The highest BCUT2D eigenvalue weighted by molar-refractivity contribution is 6.31. The predicted octanol–water partition coefficient (Wildman–Crippen LogP) is 3.38. The molecule has 0 radical (unpaired) electrons. The Kier molecular flexibility index (Phi) is 4.33. The number of carbonyl (C=O) groups excluding carboxylic acids is 1. The van der Waals surface area contributed by atoms with Crippen LogP contribution in [0.15, 0.2) is 36.4 Å². The summed E-state index contributed by atoms with van der Waals surface area (Å²) in [7, 11) is 3.71. The summed E-state index contributed by atoms with van der Waals surface area (Å²) in [6, 6.07) is 9.33. The van der Waals surface area contributed by atoms with E-state index >= 15 is 0 Å². The Labute approximate surface area is 127 Å². The van der Waals surface area contributed by atoms with Gasteiger partial charge in [0.1, 0.15) is 0 Å². The van der Waals surface area contributed by atoms with Crippen LogP contribution in [-0.4, -0.2) is 20.0 Å². The maximum atomic E-state index is 13.7. The summed E-state index contributed by atoms with van der Waals surface area (Å²) >= 11 is 5.67. The molecule has 21 heavy (non-hydrogen) atoms. The predicted molar refractivity (Wildman–Crippen MR) is 84.5 cm³/mol. The molecule has 0 fully saturated rings. The van der Waals surface area contributed by atoms with Crippen molar-refractivity contribution in [1.82, 2.24) is 0 Å². The zero-order valence-corrected chi connectivity index (χ0v) is 12.4. The molecule has 0 heterocycles. The number of benzene rings is 2. The van der Waals surface area contributed by atoms with Crippen molar-refractivity contribution < 1.29 is 9.18 Å². The number of halogens is 2. The SMILES string of the molecule is CN(C)c1ccc(C(=O)Nc2cccc(Cl)c2F)cc1N. The van der Waals surface area contributed by atoms with Crippen LogP contribution in [0.4, 0.5) is 21.5 Å². The molecule has 0 aliphatic heterocycles. The number of hydrogen-bond acceptors (Lipinski definition) is 3. The lowest BCUT2D eigenvalue weighted by Crippen LogP contribution is -2.15.